The van der Waals surface area contributed by atoms with E-state index in [4.69, 9.17) is 18.9 Å². The normalized spacial score (nSPS) is 17.2. The van der Waals surface area contributed by atoms with Crippen molar-refractivity contribution in [2.45, 2.75) is 19.9 Å². The Hall–Kier alpha value is -3.25. The van der Waals surface area contributed by atoms with Crippen LogP contribution in [0, 0.1) is 0 Å². The molecule has 1 aliphatic rings. The van der Waals surface area contributed by atoms with E-state index < -0.39 is 0 Å². The zero-order valence-corrected chi connectivity index (χ0v) is 19.6. The van der Waals surface area contributed by atoms with Gasteiger partial charge in [0.15, 0.2) is 5.78 Å². The lowest BCUT2D eigenvalue weighted by molar-refractivity contribution is -0.113. The van der Waals surface area contributed by atoms with Gasteiger partial charge in [-0.2, -0.15) is 0 Å². The molecule has 1 fully saturated rings. The Labute approximate surface area is 190 Å². The van der Waals surface area contributed by atoms with Crippen molar-refractivity contribution in [2.75, 3.05) is 41.5 Å². The maximum Gasteiger partial charge on any atom is 0.187 e. The summed E-state index contributed by atoms with van der Waals surface area (Å²) >= 11 is 0. The molecule has 170 valence electrons. The van der Waals surface area contributed by atoms with E-state index in [0.29, 0.717) is 47.2 Å². The molecule has 0 atom stereocenters. The first kappa shape index (κ1) is 23.4. The van der Waals surface area contributed by atoms with Crippen LogP contribution in [0.4, 0.5) is 0 Å². The van der Waals surface area contributed by atoms with Crippen molar-refractivity contribution in [3.05, 3.63) is 58.7 Å². The topological polar surface area (TPSA) is 57.2 Å². The summed E-state index contributed by atoms with van der Waals surface area (Å²) in [5, 5.41) is 0. The van der Waals surface area contributed by atoms with Gasteiger partial charge in [-0.1, -0.05) is 0 Å². The van der Waals surface area contributed by atoms with Gasteiger partial charge in [-0.15, -0.1) is 0 Å². The summed E-state index contributed by atoms with van der Waals surface area (Å²) in [6.45, 7) is 5.37. The molecule has 32 heavy (non-hydrogen) atoms. The van der Waals surface area contributed by atoms with Crippen molar-refractivity contribution < 1.29 is 23.7 Å². The number of carbonyl (C=O) groups excluding carboxylic acids is 1. The summed E-state index contributed by atoms with van der Waals surface area (Å²) < 4.78 is 21.7. The Morgan fingerprint density at radius 2 is 1.19 bits per heavy atom. The Balaban J connectivity index is 2.08. The van der Waals surface area contributed by atoms with Gasteiger partial charge in [0, 0.05) is 41.4 Å². The molecule has 2 aromatic rings. The van der Waals surface area contributed by atoms with E-state index in [9.17, 15) is 4.79 Å². The maximum atomic E-state index is 13.5. The number of methoxy groups -OCH3 is 4. The molecule has 6 nitrogen and oxygen atoms in total. The van der Waals surface area contributed by atoms with Gasteiger partial charge in [-0.25, -0.2) is 0 Å². The largest absolute Gasteiger partial charge is 0.497 e. The molecule has 1 heterocycles. The molecule has 0 amide bonds. The van der Waals surface area contributed by atoms with Crippen LogP contribution in [0.1, 0.15) is 25.0 Å². The molecule has 6 heteroatoms. The van der Waals surface area contributed by atoms with Gasteiger partial charge >= 0.3 is 0 Å². The van der Waals surface area contributed by atoms with Crippen LogP contribution in [-0.2, 0) is 4.79 Å². The SMILES string of the molecule is COc1ccc(OC)c(C=C2CN(C(C)C)CC(=Cc3cc(OC)ccc3OC)C2=O)c1. The first-order valence-electron chi connectivity index (χ1n) is 10.5. The van der Waals surface area contributed by atoms with Gasteiger partial charge in [0.25, 0.3) is 0 Å². The molecule has 0 bridgehead atoms. The van der Waals surface area contributed by atoms with E-state index in [1.165, 1.54) is 0 Å². The minimum Gasteiger partial charge on any atom is -0.497 e. The minimum absolute atomic E-state index is 0.0108. The molecule has 1 aliphatic heterocycles. The van der Waals surface area contributed by atoms with Gasteiger partial charge < -0.3 is 18.9 Å². The highest BCUT2D eigenvalue weighted by Gasteiger charge is 2.28. The molecule has 0 N–H and O–H groups in total. The third-order valence-corrected chi connectivity index (χ3v) is 5.59. The van der Waals surface area contributed by atoms with Gasteiger partial charge in [0.1, 0.15) is 23.0 Å². The van der Waals surface area contributed by atoms with Crippen LogP contribution >= 0.6 is 0 Å². The molecule has 1 saturated heterocycles. The van der Waals surface area contributed by atoms with E-state index in [-0.39, 0.29) is 11.8 Å². The number of piperidine rings is 1. The Kier molecular flexibility index (Phi) is 7.59. The first-order valence-corrected chi connectivity index (χ1v) is 10.5. The average molecular weight is 438 g/mol. The molecule has 0 radical (unpaired) electrons. The number of likely N-dealkylation sites (tertiary alicyclic amines) is 1. The van der Waals surface area contributed by atoms with Gasteiger partial charge in [0.2, 0.25) is 0 Å². The second kappa shape index (κ2) is 10.4. The average Bonchev–Trinajstić information content (AvgIpc) is 2.81. The van der Waals surface area contributed by atoms with Crippen molar-refractivity contribution in [3.63, 3.8) is 0 Å². The standard InChI is InChI=1S/C26H31NO5/c1-17(2)27-15-20(11-18-13-22(29-3)7-9-24(18)31-5)26(28)21(16-27)12-19-14-23(30-4)8-10-25(19)32-6/h7-14,17H,15-16H2,1-6H3. The third-order valence-electron chi connectivity index (χ3n) is 5.59. The highest BCUT2D eigenvalue weighted by atomic mass is 16.5. The predicted octanol–water partition coefficient (Wildman–Crippen LogP) is 4.48. The van der Waals surface area contributed by atoms with E-state index in [2.05, 4.69) is 18.7 Å². The number of rotatable bonds is 7. The van der Waals surface area contributed by atoms with Gasteiger partial charge in [-0.3, -0.25) is 9.69 Å². The van der Waals surface area contributed by atoms with E-state index in [0.717, 1.165) is 11.1 Å². The third kappa shape index (κ3) is 5.14. The van der Waals surface area contributed by atoms with Crippen molar-refractivity contribution in [2.24, 2.45) is 0 Å². The monoisotopic (exact) mass is 437 g/mol. The summed E-state index contributed by atoms with van der Waals surface area (Å²) in [5.74, 6) is 2.80. The quantitative estimate of drug-likeness (QED) is 0.596. The first-order chi connectivity index (χ1) is 15.4. The summed E-state index contributed by atoms with van der Waals surface area (Å²) in [7, 11) is 6.47. The van der Waals surface area contributed by atoms with Crippen LogP contribution in [0.3, 0.4) is 0 Å². The Morgan fingerprint density at radius 1 is 0.750 bits per heavy atom. The second-order valence-electron chi connectivity index (χ2n) is 7.88. The van der Waals surface area contributed by atoms with Crippen molar-refractivity contribution in [1.29, 1.82) is 0 Å². The van der Waals surface area contributed by atoms with Crippen LogP contribution in [0.15, 0.2) is 47.5 Å². The number of ketones is 1. The molecule has 0 unspecified atom stereocenters. The van der Waals surface area contributed by atoms with E-state index in [1.54, 1.807) is 28.4 Å². The lowest BCUT2D eigenvalue weighted by Crippen LogP contribution is -2.41. The number of hydrogen-bond donors (Lipinski definition) is 0. The molecule has 2 aromatic carbocycles. The summed E-state index contributed by atoms with van der Waals surface area (Å²) in [6, 6.07) is 11.4. The number of carbonyl (C=O) groups is 1. The van der Waals surface area contributed by atoms with Crippen molar-refractivity contribution in [3.8, 4) is 23.0 Å². The minimum atomic E-state index is 0.0108. The zero-order valence-electron chi connectivity index (χ0n) is 19.6. The fraction of sp³-hybridized carbons (Fsp3) is 0.346. The number of hydrogen-bond acceptors (Lipinski definition) is 6. The summed E-state index contributed by atoms with van der Waals surface area (Å²) in [6.07, 6.45) is 3.80. The molecule has 0 saturated carbocycles. The molecule has 0 aromatic heterocycles. The highest BCUT2D eigenvalue weighted by Crippen LogP contribution is 2.31. The number of Topliss-reactive ketones (excluding diaryl/α,β-unsaturated/α-hetero) is 1. The molecule has 0 spiro atoms. The lowest BCUT2D eigenvalue weighted by Gasteiger charge is -2.33. The summed E-state index contributed by atoms with van der Waals surface area (Å²) in [5.41, 5.74) is 3.01. The van der Waals surface area contributed by atoms with Crippen molar-refractivity contribution >= 4 is 17.9 Å². The number of nitrogens with zero attached hydrogens (tertiary/aromatic N) is 1. The van der Waals surface area contributed by atoms with Crippen LogP contribution in [-0.4, -0.2) is 58.3 Å². The van der Waals surface area contributed by atoms with Crippen LogP contribution < -0.4 is 18.9 Å². The van der Waals surface area contributed by atoms with Crippen LogP contribution in [0.2, 0.25) is 0 Å². The zero-order chi connectivity index (χ0) is 23.3. The fourth-order valence-electron chi connectivity index (χ4n) is 3.71. The molecule has 3 rings (SSSR count). The summed E-state index contributed by atoms with van der Waals surface area (Å²) in [4.78, 5) is 15.8. The van der Waals surface area contributed by atoms with Gasteiger partial charge in [-0.05, 0) is 62.4 Å². The second-order valence-corrected chi connectivity index (χ2v) is 7.88. The number of benzene rings is 2. The smallest absolute Gasteiger partial charge is 0.187 e. The Morgan fingerprint density at radius 3 is 1.53 bits per heavy atom. The fourth-order valence-corrected chi connectivity index (χ4v) is 3.71. The highest BCUT2D eigenvalue weighted by molar-refractivity contribution is 6.14. The van der Waals surface area contributed by atoms with Gasteiger partial charge in [0.05, 0.1) is 28.4 Å². The molecule has 0 aliphatic carbocycles. The van der Waals surface area contributed by atoms with E-state index >= 15 is 0 Å². The van der Waals surface area contributed by atoms with Crippen LogP contribution in [0.25, 0.3) is 12.2 Å². The number of ether oxygens (including phenoxy) is 4. The van der Waals surface area contributed by atoms with Crippen LogP contribution in [0.5, 0.6) is 23.0 Å². The maximum absolute atomic E-state index is 13.5. The predicted molar refractivity (Wildman–Crippen MR) is 127 cm³/mol. The molecular formula is C26H31NO5. The lowest BCUT2D eigenvalue weighted by atomic mass is 9.93. The van der Waals surface area contributed by atoms with E-state index in [1.807, 2.05) is 48.6 Å². The van der Waals surface area contributed by atoms with Crippen molar-refractivity contribution in [1.82, 2.24) is 4.90 Å². The molecular weight excluding hydrogens is 406 g/mol. The Bertz CT molecular complexity index is 961.